The fraction of sp³-hybridized carbons (Fsp3) is 0.250. The molecule has 9 heteroatoms. The SMILES string of the molecule is Cc1cc(NC(=O)NCCCSc2nnc(-c3ccccc3)o2)no1. The fourth-order valence-corrected chi connectivity index (χ4v) is 2.68. The Morgan fingerprint density at radius 3 is 2.84 bits per heavy atom. The Bertz CT molecular complexity index is 818. The second-order valence-electron chi connectivity index (χ2n) is 5.14. The first-order valence-corrected chi connectivity index (χ1v) is 8.69. The lowest BCUT2D eigenvalue weighted by Crippen LogP contribution is -2.29. The summed E-state index contributed by atoms with van der Waals surface area (Å²) in [4.78, 5) is 11.7. The van der Waals surface area contributed by atoms with E-state index < -0.39 is 0 Å². The van der Waals surface area contributed by atoms with Crippen molar-refractivity contribution in [1.29, 1.82) is 0 Å². The molecule has 2 amide bonds. The molecule has 0 aliphatic rings. The summed E-state index contributed by atoms with van der Waals surface area (Å²) in [6, 6.07) is 10.9. The highest BCUT2D eigenvalue weighted by Crippen LogP contribution is 2.23. The van der Waals surface area contributed by atoms with E-state index in [0.29, 0.717) is 29.2 Å². The molecule has 1 aromatic carbocycles. The van der Waals surface area contributed by atoms with Crippen LogP contribution in [0.5, 0.6) is 0 Å². The minimum Gasteiger partial charge on any atom is -0.411 e. The summed E-state index contributed by atoms with van der Waals surface area (Å²) in [5.74, 6) is 2.29. The second kappa shape index (κ2) is 8.34. The number of benzene rings is 1. The maximum Gasteiger partial charge on any atom is 0.320 e. The topological polar surface area (TPSA) is 106 Å². The van der Waals surface area contributed by atoms with Crippen LogP contribution in [0.2, 0.25) is 0 Å². The molecule has 0 unspecified atom stereocenters. The van der Waals surface area contributed by atoms with E-state index in [1.165, 1.54) is 11.8 Å². The first-order chi connectivity index (χ1) is 12.2. The predicted molar refractivity (Wildman–Crippen MR) is 93.3 cm³/mol. The number of aromatic nitrogens is 3. The molecule has 3 aromatic rings. The van der Waals surface area contributed by atoms with Crippen LogP contribution in [-0.4, -0.2) is 33.7 Å². The molecule has 3 rings (SSSR count). The summed E-state index contributed by atoms with van der Waals surface area (Å²) in [6.45, 7) is 2.28. The molecule has 2 N–H and O–H groups in total. The van der Waals surface area contributed by atoms with Gasteiger partial charge in [0, 0.05) is 23.9 Å². The van der Waals surface area contributed by atoms with E-state index in [9.17, 15) is 4.79 Å². The van der Waals surface area contributed by atoms with E-state index >= 15 is 0 Å². The Labute approximate surface area is 148 Å². The molecule has 2 aromatic heterocycles. The number of amides is 2. The highest BCUT2D eigenvalue weighted by atomic mass is 32.2. The van der Waals surface area contributed by atoms with Crippen LogP contribution in [0.1, 0.15) is 12.2 Å². The van der Waals surface area contributed by atoms with Crippen molar-refractivity contribution in [1.82, 2.24) is 20.7 Å². The summed E-state index contributed by atoms with van der Waals surface area (Å²) in [5, 5.41) is 17.6. The van der Waals surface area contributed by atoms with Crippen molar-refractivity contribution >= 4 is 23.6 Å². The summed E-state index contributed by atoms with van der Waals surface area (Å²) in [5.41, 5.74) is 0.892. The van der Waals surface area contributed by atoms with Crippen LogP contribution in [-0.2, 0) is 0 Å². The third-order valence-electron chi connectivity index (χ3n) is 3.13. The Morgan fingerprint density at radius 2 is 2.08 bits per heavy atom. The van der Waals surface area contributed by atoms with E-state index in [4.69, 9.17) is 8.94 Å². The van der Waals surface area contributed by atoms with Gasteiger partial charge in [0.15, 0.2) is 5.82 Å². The third kappa shape index (κ3) is 5.08. The number of carbonyl (C=O) groups excluding carboxylic acids is 1. The van der Waals surface area contributed by atoms with Gasteiger partial charge in [-0.25, -0.2) is 4.79 Å². The number of aryl methyl sites for hydroxylation is 1. The van der Waals surface area contributed by atoms with Gasteiger partial charge in [0.25, 0.3) is 5.22 Å². The van der Waals surface area contributed by atoms with Crippen LogP contribution in [0.3, 0.4) is 0 Å². The van der Waals surface area contributed by atoms with Crippen LogP contribution < -0.4 is 10.6 Å². The van der Waals surface area contributed by atoms with Gasteiger partial charge in [-0.3, -0.25) is 5.32 Å². The van der Waals surface area contributed by atoms with Gasteiger partial charge in [0.05, 0.1) is 0 Å². The fourth-order valence-electron chi connectivity index (χ4n) is 1.98. The Morgan fingerprint density at radius 1 is 1.24 bits per heavy atom. The van der Waals surface area contributed by atoms with Crippen molar-refractivity contribution in [3.05, 3.63) is 42.2 Å². The van der Waals surface area contributed by atoms with Gasteiger partial charge in [-0.15, -0.1) is 10.2 Å². The average Bonchev–Trinajstić information content (AvgIpc) is 3.24. The van der Waals surface area contributed by atoms with Crippen molar-refractivity contribution in [2.45, 2.75) is 18.6 Å². The normalized spacial score (nSPS) is 10.6. The molecule has 0 aliphatic carbocycles. The number of urea groups is 1. The summed E-state index contributed by atoms with van der Waals surface area (Å²) >= 11 is 1.46. The molecule has 0 saturated carbocycles. The maximum absolute atomic E-state index is 11.7. The quantitative estimate of drug-likeness (QED) is 0.492. The minimum absolute atomic E-state index is 0.317. The van der Waals surface area contributed by atoms with Crippen LogP contribution in [0.25, 0.3) is 11.5 Å². The van der Waals surface area contributed by atoms with Crippen molar-refractivity contribution in [3.8, 4) is 11.5 Å². The largest absolute Gasteiger partial charge is 0.411 e. The Kier molecular flexibility index (Phi) is 5.68. The predicted octanol–water partition coefficient (Wildman–Crippen LogP) is 3.34. The smallest absolute Gasteiger partial charge is 0.320 e. The molecule has 0 bridgehead atoms. The summed E-state index contributed by atoms with van der Waals surface area (Å²) in [7, 11) is 0. The number of nitrogens with zero attached hydrogens (tertiary/aromatic N) is 3. The number of hydrogen-bond donors (Lipinski definition) is 2. The van der Waals surface area contributed by atoms with Gasteiger partial charge in [-0.1, -0.05) is 35.1 Å². The number of carbonyl (C=O) groups is 1. The highest BCUT2D eigenvalue weighted by Gasteiger charge is 2.09. The number of hydrogen-bond acceptors (Lipinski definition) is 7. The Hall–Kier alpha value is -2.81. The molecule has 8 nitrogen and oxygen atoms in total. The number of anilines is 1. The van der Waals surface area contributed by atoms with Crippen molar-refractivity contribution in [2.24, 2.45) is 0 Å². The highest BCUT2D eigenvalue weighted by molar-refractivity contribution is 7.99. The van der Waals surface area contributed by atoms with Crippen molar-refractivity contribution < 1.29 is 13.7 Å². The second-order valence-corrected chi connectivity index (χ2v) is 6.19. The Balaban J connectivity index is 1.35. The van der Waals surface area contributed by atoms with Gasteiger partial charge in [0.1, 0.15) is 5.76 Å². The van der Waals surface area contributed by atoms with Crippen LogP contribution >= 0.6 is 11.8 Å². The first kappa shape index (κ1) is 17.0. The van der Waals surface area contributed by atoms with Crippen LogP contribution in [0, 0.1) is 6.92 Å². The first-order valence-electron chi connectivity index (χ1n) is 7.70. The van der Waals surface area contributed by atoms with Gasteiger partial charge in [-0.2, -0.15) is 0 Å². The van der Waals surface area contributed by atoms with Crippen LogP contribution in [0.4, 0.5) is 10.6 Å². The van der Waals surface area contributed by atoms with Gasteiger partial charge < -0.3 is 14.3 Å². The molecule has 0 atom stereocenters. The molecule has 130 valence electrons. The summed E-state index contributed by atoms with van der Waals surface area (Å²) in [6.07, 6.45) is 0.763. The number of nitrogens with one attached hydrogen (secondary N) is 2. The lowest BCUT2D eigenvalue weighted by Gasteiger charge is -2.04. The maximum atomic E-state index is 11.7. The van der Waals surface area contributed by atoms with Crippen LogP contribution in [0.15, 0.2) is 50.6 Å². The molecule has 0 fully saturated rings. The minimum atomic E-state index is -0.317. The van der Waals surface area contributed by atoms with Gasteiger partial charge in [0.2, 0.25) is 5.89 Å². The number of thioether (sulfide) groups is 1. The number of rotatable bonds is 7. The van der Waals surface area contributed by atoms with E-state index in [0.717, 1.165) is 17.7 Å². The molecule has 0 aliphatic heterocycles. The van der Waals surface area contributed by atoms with E-state index in [1.54, 1.807) is 13.0 Å². The van der Waals surface area contributed by atoms with Gasteiger partial charge in [-0.05, 0) is 25.5 Å². The van der Waals surface area contributed by atoms with E-state index in [-0.39, 0.29) is 6.03 Å². The zero-order valence-electron chi connectivity index (χ0n) is 13.6. The molecular weight excluding hydrogens is 342 g/mol. The monoisotopic (exact) mass is 359 g/mol. The standard InChI is InChI=1S/C16H17N5O3S/c1-11-10-13(21-24-11)18-15(22)17-8-5-9-25-16-20-19-14(23-16)12-6-3-2-4-7-12/h2-4,6-7,10H,5,8-9H2,1H3,(H2,17,18,21,22). The lowest BCUT2D eigenvalue weighted by atomic mass is 10.2. The molecule has 2 heterocycles. The lowest BCUT2D eigenvalue weighted by molar-refractivity contribution is 0.252. The zero-order chi connectivity index (χ0) is 17.5. The molecule has 25 heavy (non-hydrogen) atoms. The molecule has 0 radical (unpaired) electrons. The van der Waals surface area contributed by atoms with Gasteiger partial charge >= 0.3 is 6.03 Å². The van der Waals surface area contributed by atoms with Crippen molar-refractivity contribution in [3.63, 3.8) is 0 Å². The molecule has 0 saturated heterocycles. The van der Waals surface area contributed by atoms with Crippen molar-refractivity contribution in [2.75, 3.05) is 17.6 Å². The molecule has 0 spiro atoms. The van der Waals surface area contributed by atoms with E-state index in [1.807, 2.05) is 30.3 Å². The third-order valence-corrected chi connectivity index (χ3v) is 4.03. The zero-order valence-corrected chi connectivity index (χ0v) is 14.4. The molecular formula is C16H17N5O3S. The van der Waals surface area contributed by atoms with E-state index in [2.05, 4.69) is 26.0 Å². The summed E-state index contributed by atoms with van der Waals surface area (Å²) < 4.78 is 10.5. The average molecular weight is 359 g/mol.